The van der Waals surface area contributed by atoms with Crippen molar-refractivity contribution in [3.8, 4) is 0 Å². The van der Waals surface area contributed by atoms with Gasteiger partial charge in [0, 0.05) is 25.5 Å². The van der Waals surface area contributed by atoms with E-state index in [0.717, 1.165) is 11.8 Å². The van der Waals surface area contributed by atoms with Crippen LogP contribution in [0, 0.1) is 5.82 Å². The van der Waals surface area contributed by atoms with E-state index in [1.54, 1.807) is 17.3 Å². The minimum absolute atomic E-state index is 0.220. The van der Waals surface area contributed by atoms with Crippen molar-refractivity contribution in [3.63, 3.8) is 0 Å². The molecule has 0 aromatic carbocycles. The average molecular weight is 288 g/mol. The average Bonchev–Trinajstić information content (AvgIpc) is 2.52. The first-order chi connectivity index (χ1) is 10.2. The summed E-state index contributed by atoms with van der Waals surface area (Å²) >= 11 is 0. The summed E-state index contributed by atoms with van der Waals surface area (Å²) in [4.78, 5) is 22.0. The van der Waals surface area contributed by atoms with Gasteiger partial charge in [0.15, 0.2) is 0 Å². The van der Waals surface area contributed by atoms with E-state index in [1.165, 1.54) is 12.1 Å². The van der Waals surface area contributed by atoms with Crippen molar-refractivity contribution < 1.29 is 9.18 Å². The van der Waals surface area contributed by atoms with Crippen LogP contribution in [0.2, 0.25) is 0 Å². The van der Waals surface area contributed by atoms with Crippen LogP contribution in [-0.4, -0.2) is 33.9 Å². The van der Waals surface area contributed by atoms with E-state index in [2.05, 4.69) is 9.97 Å². The fraction of sp³-hybridized carbons (Fsp3) is 0.267. The summed E-state index contributed by atoms with van der Waals surface area (Å²) < 4.78 is 12.9. The second-order valence-corrected chi connectivity index (χ2v) is 4.59. The Labute approximate surface area is 122 Å². The maximum Gasteiger partial charge on any atom is 0.272 e. The van der Waals surface area contributed by atoms with Gasteiger partial charge in [-0.3, -0.25) is 9.78 Å². The lowest BCUT2D eigenvalue weighted by molar-refractivity contribution is 0.0736. The van der Waals surface area contributed by atoms with Gasteiger partial charge in [-0.25, -0.2) is 9.37 Å². The molecule has 0 saturated heterocycles. The van der Waals surface area contributed by atoms with Crippen LogP contribution in [0.4, 0.5) is 4.39 Å². The van der Waals surface area contributed by atoms with E-state index < -0.39 is 5.82 Å². The zero-order chi connectivity index (χ0) is 15.1. The quantitative estimate of drug-likeness (QED) is 0.876. The van der Waals surface area contributed by atoms with Gasteiger partial charge in [0.1, 0.15) is 11.5 Å². The van der Waals surface area contributed by atoms with E-state index in [9.17, 15) is 9.18 Å². The summed E-state index contributed by atoms with van der Waals surface area (Å²) in [6.07, 6.45) is 5.11. The van der Waals surface area contributed by atoms with Gasteiger partial charge in [0.25, 0.3) is 5.91 Å². The molecule has 21 heavy (non-hydrogen) atoms. The molecule has 0 spiro atoms. The smallest absolute Gasteiger partial charge is 0.272 e. The Balaban J connectivity index is 2.14. The maximum absolute atomic E-state index is 12.9. The van der Waals surface area contributed by atoms with Gasteiger partial charge in [-0.05, 0) is 36.7 Å². The predicted octanol–water partition coefficient (Wildman–Crippen LogP) is 1.61. The minimum Gasteiger partial charge on any atom is -0.333 e. The van der Waals surface area contributed by atoms with Crippen LogP contribution in [-0.2, 0) is 6.54 Å². The van der Waals surface area contributed by atoms with E-state index >= 15 is 0 Å². The number of hydrogen-bond acceptors (Lipinski definition) is 4. The van der Waals surface area contributed by atoms with E-state index in [4.69, 9.17) is 5.73 Å². The molecule has 110 valence electrons. The third kappa shape index (κ3) is 4.32. The van der Waals surface area contributed by atoms with Gasteiger partial charge in [0.05, 0.1) is 6.20 Å². The second-order valence-electron chi connectivity index (χ2n) is 4.59. The van der Waals surface area contributed by atoms with Gasteiger partial charge in [0.2, 0.25) is 0 Å². The summed E-state index contributed by atoms with van der Waals surface area (Å²) in [5.41, 5.74) is 6.65. The maximum atomic E-state index is 12.9. The number of amides is 1. The molecule has 0 fully saturated rings. The molecule has 2 aromatic heterocycles. The molecular weight excluding hydrogens is 271 g/mol. The Morgan fingerprint density at radius 1 is 1.29 bits per heavy atom. The normalized spacial score (nSPS) is 10.4. The first-order valence-electron chi connectivity index (χ1n) is 6.70. The molecule has 0 aliphatic carbocycles. The van der Waals surface area contributed by atoms with Gasteiger partial charge in [-0.15, -0.1) is 0 Å². The van der Waals surface area contributed by atoms with Crippen molar-refractivity contribution in [2.45, 2.75) is 13.0 Å². The molecule has 2 N–H and O–H groups in total. The highest BCUT2D eigenvalue weighted by Crippen LogP contribution is 2.09. The number of nitrogens with two attached hydrogens (primary N) is 1. The number of halogens is 1. The molecule has 1 amide bonds. The molecule has 0 aliphatic heterocycles. The first kappa shape index (κ1) is 15.1. The van der Waals surface area contributed by atoms with Crippen LogP contribution >= 0.6 is 0 Å². The third-order valence-corrected chi connectivity index (χ3v) is 2.96. The van der Waals surface area contributed by atoms with Crippen molar-refractivity contribution in [1.29, 1.82) is 0 Å². The first-order valence-corrected chi connectivity index (χ1v) is 6.70. The lowest BCUT2D eigenvalue weighted by Gasteiger charge is -2.22. The van der Waals surface area contributed by atoms with Crippen LogP contribution in [0.15, 0.2) is 42.9 Å². The molecule has 0 atom stereocenters. The lowest BCUT2D eigenvalue weighted by Crippen LogP contribution is -2.33. The number of pyridine rings is 2. The lowest BCUT2D eigenvalue weighted by atomic mass is 10.2. The Bertz CT molecular complexity index is 574. The SMILES string of the molecule is NCCCN(Cc1cccnc1)C(=O)c1ccc(F)cn1. The summed E-state index contributed by atoms with van der Waals surface area (Å²) in [5, 5.41) is 0. The number of hydrogen-bond donors (Lipinski definition) is 1. The second kappa shape index (κ2) is 7.44. The molecule has 5 nitrogen and oxygen atoms in total. The molecule has 0 aliphatic rings. The Hall–Kier alpha value is -2.34. The van der Waals surface area contributed by atoms with Crippen LogP contribution in [0.3, 0.4) is 0 Å². The summed E-state index contributed by atoms with van der Waals surface area (Å²) in [7, 11) is 0. The monoisotopic (exact) mass is 288 g/mol. The van der Waals surface area contributed by atoms with Gasteiger partial charge in [-0.2, -0.15) is 0 Å². The molecule has 0 saturated carbocycles. The number of nitrogens with zero attached hydrogens (tertiary/aromatic N) is 3. The predicted molar refractivity (Wildman–Crippen MR) is 76.8 cm³/mol. The number of carbonyl (C=O) groups excluding carboxylic acids is 1. The highest BCUT2D eigenvalue weighted by molar-refractivity contribution is 5.92. The van der Waals surface area contributed by atoms with Crippen molar-refractivity contribution in [1.82, 2.24) is 14.9 Å². The van der Waals surface area contributed by atoms with Gasteiger partial charge < -0.3 is 10.6 Å². The van der Waals surface area contributed by atoms with E-state index in [-0.39, 0.29) is 11.6 Å². The van der Waals surface area contributed by atoms with Gasteiger partial charge >= 0.3 is 0 Å². The Morgan fingerprint density at radius 2 is 2.14 bits per heavy atom. The van der Waals surface area contributed by atoms with Crippen molar-refractivity contribution >= 4 is 5.91 Å². The summed E-state index contributed by atoms with van der Waals surface area (Å²) in [6, 6.07) is 6.33. The summed E-state index contributed by atoms with van der Waals surface area (Å²) in [5.74, 6) is -0.709. The van der Waals surface area contributed by atoms with Crippen molar-refractivity contribution in [3.05, 3.63) is 59.9 Å². The molecule has 0 unspecified atom stereocenters. The molecule has 6 heteroatoms. The molecule has 2 rings (SSSR count). The fourth-order valence-electron chi connectivity index (χ4n) is 1.91. The van der Waals surface area contributed by atoms with Crippen LogP contribution in [0.1, 0.15) is 22.5 Å². The van der Waals surface area contributed by atoms with E-state index in [1.807, 2.05) is 12.1 Å². The van der Waals surface area contributed by atoms with Gasteiger partial charge in [-0.1, -0.05) is 6.07 Å². The fourth-order valence-corrected chi connectivity index (χ4v) is 1.91. The number of aromatic nitrogens is 2. The molecule has 0 bridgehead atoms. The van der Waals surface area contributed by atoms with Crippen molar-refractivity contribution in [2.75, 3.05) is 13.1 Å². The van der Waals surface area contributed by atoms with Crippen LogP contribution < -0.4 is 5.73 Å². The zero-order valence-electron chi connectivity index (χ0n) is 11.6. The Morgan fingerprint density at radius 3 is 2.76 bits per heavy atom. The molecule has 2 aromatic rings. The van der Waals surface area contributed by atoms with Crippen molar-refractivity contribution in [2.24, 2.45) is 5.73 Å². The standard InChI is InChI=1S/C15H17FN4O/c16-13-4-5-14(19-10-13)15(21)20(8-2-6-17)11-12-3-1-7-18-9-12/h1,3-5,7,9-10H,2,6,8,11,17H2. The highest BCUT2D eigenvalue weighted by Gasteiger charge is 2.17. The summed E-state index contributed by atoms with van der Waals surface area (Å²) in [6.45, 7) is 1.43. The zero-order valence-corrected chi connectivity index (χ0v) is 11.6. The molecule has 0 radical (unpaired) electrons. The van der Waals surface area contributed by atoms with E-state index in [0.29, 0.717) is 26.1 Å². The van der Waals surface area contributed by atoms with Crippen LogP contribution in [0.5, 0.6) is 0 Å². The molecular formula is C15H17FN4O. The molecule has 2 heterocycles. The minimum atomic E-state index is -0.465. The van der Waals surface area contributed by atoms with Crippen LogP contribution in [0.25, 0.3) is 0 Å². The third-order valence-electron chi connectivity index (χ3n) is 2.96. The topological polar surface area (TPSA) is 72.1 Å². The highest BCUT2D eigenvalue weighted by atomic mass is 19.1. The number of carbonyl (C=O) groups is 1. The Kier molecular flexibility index (Phi) is 5.34. The largest absolute Gasteiger partial charge is 0.333 e. The number of rotatable bonds is 6.